The Hall–Kier alpha value is -1.62. The number of nitrogens with zero attached hydrogens (tertiary/aromatic N) is 2. The van der Waals surface area contributed by atoms with E-state index >= 15 is 0 Å². The summed E-state index contributed by atoms with van der Waals surface area (Å²) in [5, 5.41) is 13.6. The van der Waals surface area contributed by atoms with E-state index in [4.69, 9.17) is 4.74 Å². The smallest absolute Gasteiger partial charge is 0.206 e. The van der Waals surface area contributed by atoms with E-state index in [0.717, 1.165) is 28.9 Å². The lowest BCUT2D eigenvalue weighted by Crippen LogP contribution is -2.07. The van der Waals surface area contributed by atoms with Crippen molar-refractivity contribution in [2.75, 3.05) is 11.9 Å². The largest absolute Gasteiger partial charge is 0.493 e. The molecule has 1 aromatic carbocycles. The van der Waals surface area contributed by atoms with Gasteiger partial charge in [0.1, 0.15) is 10.8 Å². The molecule has 0 saturated carbocycles. The SMILES string of the molecule is CCc1nnc(NC(C)c2ccc(OCC(C)C)cc2)s1. The quantitative estimate of drug-likeness (QED) is 0.828. The number of ether oxygens (including phenoxy) is 1. The van der Waals surface area contributed by atoms with E-state index in [1.54, 1.807) is 11.3 Å². The van der Waals surface area contributed by atoms with Crippen LogP contribution in [0.1, 0.15) is 44.3 Å². The van der Waals surface area contributed by atoms with Gasteiger partial charge in [-0.1, -0.05) is 44.2 Å². The first kappa shape index (κ1) is 15.8. The molecule has 1 aromatic heterocycles. The van der Waals surface area contributed by atoms with Gasteiger partial charge in [0.05, 0.1) is 12.6 Å². The lowest BCUT2D eigenvalue weighted by Gasteiger charge is -2.14. The fraction of sp³-hybridized carbons (Fsp3) is 0.500. The molecule has 2 rings (SSSR count). The summed E-state index contributed by atoms with van der Waals surface area (Å²) in [7, 11) is 0. The highest BCUT2D eigenvalue weighted by atomic mass is 32.1. The predicted molar refractivity (Wildman–Crippen MR) is 88.1 cm³/mol. The average molecular weight is 305 g/mol. The first-order valence-electron chi connectivity index (χ1n) is 7.40. The minimum absolute atomic E-state index is 0.196. The fourth-order valence-corrected chi connectivity index (χ4v) is 2.61. The second-order valence-corrected chi connectivity index (χ2v) is 6.56. The van der Waals surface area contributed by atoms with Gasteiger partial charge in [-0.2, -0.15) is 0 Å². The van der Waals surface area contributed by atoms with Crippen molar-refractivity contribution in [1.82, 2.24) is 10.2 Å². The van der Waals surface area contributed by atoms with Crippen LogP contribution in [0.25, 0.3) is 0 Å². The van der Waals surface area contributed by atoms with Crippen molar-refractivity contribution in [3.63, 3.8) is 0 Å². The normalized spacial score (nSPS) is 12.4. The van der Waals surface area contributed by atoms with E-state index in [-0.39, 0.29) is 6.04 Å². The molecule has 1 atom stereocenters. The Morgan fingerprint density at radius 1 is 1.14 bits per heavy atom. The predicted octanol–water partition coefficient (Wildman–Crippen LogP) is 4.31. The van der Waals surface area contributed by atoms with E-state index in [9.17, 15) is 0 Å². The Labute approximate surface area is 130 Å². The number of hydrogen-bond donors (Lipinski definition) is 1. The van der Waals surface area contributed by atoms with E-state index in [1.807, 2.05) is 12.1 Å². The van der Waals surface area contributed by atoms with Crippen molar-refractivity contribution in [3.05, 3.63) is 34.8 Å². The first-order valence-corrected chi connectivity index (χ1v) is 8.21. The van der Waals surface area contributed by atoms with Gasteiger partial charge < -0.3 is 10.1 Å². The minimum atomic E-state index is 0.196. The van der Waals surface area contributed by atoms with Crippen LogP contribution in [0.4, 0.5) is 5.13 Å². The summed E-state index contributed by atoms with van der Waals surface area (Å²) in [6.07, 6.45) is 0.926. The molecule has 0 radical (unpaired) electrons. The summed E-state index contributed by atoms with van der Waals surface area (Å²) in [5.74, 6) is 1.46. The van der Waals surface area contributed by atoms with Crippen LogP contribution in [0.3, 0.4) is 0 Å². The van der Waals surface area contributed by atoms with Crippen LogP contribution >= 0.6 is 11.3 Å². The second-order valence-electron chi connectivity index (χ2n) is 5.49. The molecule has 0 spiro atoms. The highest BCUT2D eigenvalue weighted by Crippen LogP contribution is 2.24. The van der Waals surface area contributed by atoms with Gasteiger partial charge >= 0.3 is 0 Å². The molecule has 1 heterocycles. The van der Waals surface area contributed by atoms with Crippen molar-refractivity contribution in [2.24, 2.45) is 5.92 Å². The number of benzene rings is 1. The molecular weight excluding hydrogens is 282 g/mol. The molecule has 21 heavy (non-hydrogen) atoms. The van der Waals surface area contributed by atoms with E-state index in [1.165, 1.54) is 5.56 Å². The number of hydrogen-bond acceptors (Lipinski definition) is 5. The maximum absolute atomic E-state index is 5.70. The van der Waals surface area contributed by atoms with E-state index in [2.05, 4.69) is 55.3 Å². The molecule has 0 fully saturated rings. The molecule has 0 saturated heterocycles. The van der Waals surface area contributed by atoms with Crippen molar-refractivity contribution >= 4 is 16.5 Å². The third-order valence-electron chi connectivity index (χ3n) is 3.07. The highest BCUT2D eigenvalue weighted by Gasteiger charge is 2.09. The molecule has 0 aliphatic carbocycles. The van der Waals surface area contributed by atoms with Gasteiger partial charge in [0.25, 0.3) is 0 Å². The summed E-state index contributed by atoms with van der Waals surface area (Å²) in [4.78, 5) is 0. The van der Waals surface area contributed by atoms with Crippen molar-refractivity contribution in [1.29, 1.82) is 0 Å². The third-order valence-corrected chi connectivity index (χ3v) is 4.07. The van der Waals surface area contributed by atoms with Crippen LogP contribution in [-0.4, -0.2) is 16.8 Å². The van der Waals surface area contributed by atoms with Crippen molar-refractivity contribution in [3.8, 4) is 5.75 Å². The Balaban J connectivity index is 1.94. The molecule has 1 N–H and O–H groups in total. The standard InChI is InChI=1S/C16H23N3OS/c1-5-15-18-19-16(21-15)17-12(4)13-6-8-14(9-7-13)20-10-11(2)3/h6-9,11-12H,5,10H2,1-4H3,(H,17,19). The summed E-state index contributed by atoms with van der Waals surface area (Å²) in [5.41, 5.74) is 1.21. The topological polar surface area (TPSA) is 47.0 Å². The van der Waals surface area contributed by atoms with Crippen molar-refractivity contribution < 1.29 is 4.74 Å². The number of nitrogens with one attached hydrogen (secondary N) is 1. The van der Waals surface area contributed by atoms with Gasteiger partial charge in [-0.3, -0.25) is 0 Å². The van der Waals surface area contributed by atoms with Crippen LogP contribution in [0.2, 0.25) is 0 Å². The molecular formula is C16H23N3OS. The molecule has 114 valence electrons. The summed E-state index contributed by atoms with van der Waals surface area (Å²) >= 11 is 1.61. The summed E-state index contributed by atoms with van der Waals surface area (Å²) < 4.78 is 5.70. The first-order chi connectivity index (χ1) is 10.1. The molecule has 4 nitrogen and oxygen atoms in total. The average Bonchev–Trinajstić information content (AvgIpc) is 2.93. The van der Waals surface area contributed by atoms with Gasteiger partial charge in [-0.25, -0.2) is 0 Å². The van der Waals surface area contributed by atoms with Gasteiger partial charge in [0.15, 0.2) is 0 Å². The third kappa shape index (κ3) is 4.70. The van der Waals surface area contributed by atoms with E-state index in [0.29, 0.717) is 5.92 Å². The lowest BCUT2D eigenvalue weighted by atomic mass is 10.1. The van der Waals surface area contributed by atoms with Crippen LogP contribution in [0, 0.1) is 5.92 Å². The Bertz CT molecular complexity index is 551. The van der Waals surface area contributed by atoms with Gasteiger partial charge in [0.2, 0.25) is 5.13 Å². The zero-order valence-electron chi connectivity index (χ0n) is 13.1. The van der Waals surface area contributed by atoms with Crippen LogP contribution in [-0.2, 0) is 6.42 Å². The van der Waals surface area contributed by atoms with Gasteiger partial charge in [-0.05, 0) is 37.0 Å². The molecule has 0 aliphatic rings. The van der Waals surface area contributed by atoms with E-state index < -0.39 is 0 Å². The maximum Gasteiger partial charge on any atom is 0.206 e. The zero-order chi connectivity index (χ0) is 15.2. The lowest BCUT2D eigenvalue weighted by molar-refractivity contribution is 0.271. The van der Waals surface area contributed by atoms with Crippen molar-refractivity contribution in [2.45, 2.75) is 40.2 Å². The Morgan fingerprint density at radius 3 is 2.43 bits per heavy atom. The van der Waals surface area contributed by atoms with Crippen LogP contribution in [0.5, 0.6) is 5.75 Å². The number of aromatic nitrogens is 2. The fourth-order valence-electron chi connectivity index (χ4n) is 1.84. The van der Waals surface area contributed by atoms with Gasteiger partial charge in [-0.15, -0.1) is 10.2 Å². The second kappa shape index (κ2) is 7.41. The Morgan fingerprint density at radius 2 is 1.86 bits per heavy atom. The Kier molecular flexibility index (Phi) is 5.56. The molecule has 0 amide bonds. The molecule has 5 heteroatoms. The monoisotopic (exact) mass is 305 g/mol. The zero-order valence-corrected chi connectivity index (χ0v) is 13.9. The molecule has 1 unspecified atom stereocenters. The molecule has 0 aliphatic heterocycles. The number of anilines is 1. The summed E-state index contributed by atoms with van der Waals surface area (Å²) in [6, 6.07) is 8.42. The van der Waals surface area contributed by atoms with Gasteiger partial charge in [0, 0.05) is 0 Å². The van der Waals surface area contributed by atoms with Crippen LogP contribution < -0.4 is 10.1 Å². The molecule has 0 bridgehead atoms. The minimum Gasteiger partial charge on any atom is -0.493 e. The maximum atomic E-state index is 5.70. The summed E-state index contributed by atoms with van der Waals surface area (Å²) in [6.45, 7) is 9.25. The highest BCUT2D eigenvalue weighted by molar-refractivity contribution is 7.15. The number of aryl methyl sites for hydroxylation is 1. The van der Waals surface area contributed by atoms with Crippen LogP contribution in [0.15, 0.2) is 24.3 Å². The number of rotatable bonds is 7. The molecule has 2 aromatic rings.